The molecule has 0 saturated carbocycles. The molecular weight excluding hydrogens is 322 g/mol. The van der Waals surface area contributed by atoms with Crippen molar-refractivity contribution in [3.63, 3.8) is 0 Å². The van der Waals surface area contributed by atoms with Crippen molar-refractivity contribution in [1.82, 2.24) is 10.6 Å². The molecule has 1 aromatic rings. The second-order valence-corrected chi connectivity index (χ2v) is 6.79. The van der Waals surface area contributed by atoms with Crippen LogP contribution in [0.1, 0.15) is 18.4 Å². The first-order chi connectivity index (χ1) is 10.5. The maximum atomic E-state index is 12.7. The number of hydrogen-bond donors (Lipinski definition) is 2. The molecule has 3 aliphatic heterocycles. The van der Waals surface area contributed by atoms with Gasteiger partial charge in [0.25, 0.3) is 0 Å². The minimum absolute atomic E-state index is 0.0788. The largest absolute Gasteiger partial charge is 0.367 e. The highest BCUT2D eigenvalue weighted by atomic mass is 35.5. The normalized spacial score (nSPS) is 25.6. The van der Waals surface area contributed by atoms with Crippen LogP contribution in [0.15, 0.2) is 18.2 Å². The summed E-state index contributed by atoms with van der Waals surface area (Å²) in [6.07, 6.45) is 2.06. The van der Waals surface area contributed by atoms with E-state index in [1.165, 1.54) is 0 Å². The predicted octanol–water partition coefficient (Wildman–Crippen LogP) is 1.38. The Balaban J connectivity index is 1.91. The lowest BCUT2D eigenvalue weighted by Crippen LogP contribution is -2.70. The maximum absolute atomic E-state index is 12.7. The first-order valence-corrected chi connectivity index (χ1v) is 8.03. The molecule has 0 radical (unpaired) electrons. The lowest BCUT2D eigenvalue weighted by atomic mass is 9.69. The van der Waals surface area contributed by atoms with Crippen molar-refractivity contribution in [1.29, 1.82) is 0 Å². The second-order valence-electron chi connectivity index (χ2n) is 5.97. The first-order valence-electron chi connectivity index (χ1n) is 7.25. The molecule has 2 N–H and O–H groups in total. The van der Waals surface area contributed by atoms with Crippen LogP contribution in [0.5, 0.6) is 0 Å². The number of amides is 2. The lowest BCUT2D eigenvalue weighted by Gasteiger charge is -2.48. The first kappa shape index (κ1) is 14.0. The van der Waals surface area contributed by atoms with Crippen molar-refractivity contribution < 1.29 is 9.59 Å². The Kier molecular flexibility index (Phi) is 2.96. The van der Waals surface area contributed by atoms with E-state index in [1.807, 2.05) is 12.1 Å². The van der Waals surface area contributed by atoms with Crippen LogP contribution in [-0.4, -0.2) is 29.5 Å². The average molecular weight is 336 g/mol. The van der Waals surface area contributed by atoms with E-state index in [9.17, 15) is 9.59 Å². The lowest BCUT2D eigenvalue weighted by molar-refractivity contribution is -0.145. The van der Waals surface area contributed by atoms with Crippen LogP contribution in [0.2, 0.25) is 5.02 Å². The third-order valence-corrected chi connectivity index (χ3v) is 5.50. The van der Waals surface area contributed by atoms with Crippen LogP contribution >= 0.6 is 23.8 Å². The van der Waals surface area contributed by atoms with Gasteiger partial charge in [0.15, 0.2) is 10.5 Å². The minimum atomic E-state index is -1.16. The Morgan fingerprint density at radius 2 is 2.00 bits per heavy atom. The Morgan fingerprint density at radius 3 is 2.73 bits per heavy atom. The molecule has 1 atom stereocenters. The molecule has 0 aromatic heterocycles. The van der Waals surface area contributed by atoms with Gasteiger partial charge in [-0.3, -0.25) is 9.59 Å². The second kappa shape index (κ2) is 4.67. The molecule has 2 saturated heterocycles. The highest BCUT2D eigenvalue weighted by molar-refractivity contribution is 7.80. The fraction of sp³-hybridized carbons (Fsp3) is 0.400. The molecule has 4 rings (SSSR count). The van der Waals surface area contributed by atoms with Gasteiger partial charge in [0.2, 0.25) is 11.8 Å². The van der Waals surface area contributed by atoms with Gasteiger partial charge in [0.05, 0.1) is 6.04 Å². The number of halogens is 1. The monoisotopic (exact) mass is 335 g/mol. The molecule has 5 nitrogen and oxygen atoms in total. The molecule has 0 aliphatic carbocycles. The van der Waals surface area contributed by atoms with Gasteiger partial charge in [0, 0.05) is 23.7 Å². The Morgan fingerprint density at radius 1 is 1.27 bits per heavy atom. The van der Waals surface area contributed by atoms with Crippen molar-refractivity contribution in [3.8, 4) is 0 Å². The molecule has 1 aromatic carbocycles. The summed E-state index contributed by atoms with van der Waals surface area (Å²) < 4.78 is 0. The van der Waals surface area contributed by atoms with Crippen molar-refractivity contribution in [3.05, 3.63) is 28.8 Å². The molecule has 3 aliphatic rings. The number of fused-ring (bicyclic) bond motifs is 4. The van der Waals surface area contributed by atoms with Gasteiger partial charge in [-0.2, -0.15) is 0 Å². The van der Waals surface area contributed by atoms with E-state index in [0.717, 1.165) is 30.6 Å². The van der Waals surface area contributed by atoms with E-state index in [-0.39, 0.29) is 23.0 Å². The quantitative estimate of drug-likeness (QED) is 0.555. The van der Waals surface area contributed by atoms with Crippen LogP contribution in [0.4, 0.5) is 5.69 Å². The minimum Gasteiger partial charge on any atom is -0.367 e. The number of thiocarbonyl (C=S) groups is 1. The number of anilines is 1. The summed E-state index contributed by atoms with van der Waals surface area (Å²) in [4.78, 5) is 27.6. The van der Waals surface area contributed by atoms with Gasteiger partial charge in [-0.15, -0.1) is 0 Å². The van der Waals surface area contributed by atoms with E-state index in [0.29, 0.717) is 11.4 Å². The van der Waals surface area contributed by atoms with Crippen molar-refractivity contribution in [2.45, 2.75) is 25.3 Å². The number of nitrogens with one attached hydrogen (secondary N) is 2. The smallest absolute Gasteiger partial charge is 0.244 e. The highest BCUT2D eigenvalue weighted by Gasteiger charge is 2.60. The number of rotatable bonds is 0. The van der Waals surface area contributed by atoms with Gasteiger partial charge >= 0.3 is 0 Å². The van der Waals surface area contributed by atoms with Gasteiger partial charge in [0.1, 0.15) is 0 Å². The molecule has 2 fully saturated rings. The van der Waals surface area contributed by atoms with Crippen molar-refractivity contribution in [2.75, 3.05) is 11.4 Å². The van der Waals surface area contributed by atoms with Crippen LogP contribution < -0.4 is 15.5 Å². The molecule has 0 unspecified atom stereocenters. The zero-order valence-corrected chi connectivity index (χ0v) is 13.3. The van der Waals surface area contributed by atoms with E-state index in [2.05, 4.69) is 15.5 Å². The molecular formula is C15H14ClN3O2S. The van der Waals surface area contributed by atoms with Crippen LogP contribution in [-0.2, 0) is 16.0 Å². The number of carbonyl (C=O) groups excluding carboxylic acids is 2. The Bertz CT molecular complexity index is 701. The van der Waals surface area contributed by atoms with Crippen LogP contribution in [0.25, 0.3) is 0 Å². The average Bonchev–Trinajstić information content (AvgIpc) is 2.95. The van der Waals surface area contributed by atoms with Gasteiger partial charge < -0.3 is 15.5 Å². The maximum Gasteiger partial charge on any atom is 0.244 e. The number of benzene rings is 1. The standard InChI is InChI=1S/C15H14ClN3O2S/c16-9-3-1-4-10-8(9)7-15(11-5-2-6-19(10)11)12(20)17-14(22)18-13(15)21/h1,3-4,11H,2,5-7H2,(H2,17,18,20,21,22)/t11-/m1/s1. The van der Waals surface area contributed by atoms with Crippen LogP contribution in [0, 0.1) is 5.41 Å². The Labute approximate surface area is 138 Å². The summed E-state index contributed by atoms with van der Waals surface area (Å²) >= 11 is 11.3. The zero-order valence-electron chi connectivity index (χ0n) is 11.7. The highest BCUT2D eigenvalue weighted by Crippen LogP contribution is 2.48. The third kappa shape index (κ3) is 1.68. The summed E-state index contributed by atoms with van der Waals surface area (Å²) in [6, 6.07) is 5.57. The summed E-state index contributed by atoms with van der Waals surface area (Å²) in [6.45, 7) is 0.824. The molecule has 0 bridgehead atoms. The van der Waals surface area contributed by atoms with Gasteiger partial charge in [-0.1, -0.05) is 17.7 Å². The van der Waals surface area contributed by atoms with E-state index < -0.39 is 5.41 Å². The fourth-order valence-corrected chi connectivity index (χ4v) is 4.40. The fourth-order valence-electron chi connectivity index (χ4n) is 3.98. The molecule has 2 amide bonds. The summed E-state index contributed by atoms with van der Waals surface area (Å²) in [5.74, 6) is -0.632. The Hall–Kier alpha value is -1.66. The van der Waals surface area contributed by atoms with E-state index in [4.69, 9.17) is 23.8 Å². The summed E-state index contributed by atoms with van der Waals surface area (Å²) in [5, 5.41) is 5.92. The number of hydrogen-bond acceptors (Lipinski definition) is 4. The molecule has 22 heavy (non-hydrogen) atoms. The molecule has 3 heterocycles. The molecule has 114 valence electrons. The SMILES string of the molecule is O=C1NC(=S)NC(=O)C12Cc1c(Cl)cccc1N1CCC[C@@H]12. The molecule has 1 spiro atoms. The topological polar surface area (TPSA) is 61.4 Å². The zero-order chi connectivity index (χ0) is 15.5. The van der Waals surface area contributed by atoms with E-state index >= 15 is 0 Å². The number of carbonyl (C=O) groups is 2. The predicted molar refractivity (Wildman–Crippen MR) is 86.8 cm³/mol. The van der Waals surface area contributed by atoms with Crippen LogP contribution in [0.3, 0.4) is 0 Å². The van der Waals surface area contributed by atoms with Gasteiger partial charge in [-0.05, 0) is 42.8 Å². The van der Waals surface area contributed by atoms with Crippen molar-refractivity contribution >= 4 is 46.4 Å². The van der Waals surface area contributed by atoms with Crippen molar-refractivity contribution in [2.24, 2.45) is 5.41 Å². The summed E-state index contributed by atoms with van der Waals surface area (Å²) in [7, 11) is 0. The van der Waals surface area contributed by atoms with Gasteiger partial charge in [-0.25, -0.2) is 0 Å². The third-order valence-electron chi connectivity index (χ3n) is 4.95. The summed E-state index contributed by atoms with van der Waals surface area (Å²) in [5.41, 5.74) is 0.742. The van der Waals surface area contributed by atoms with E-state index in [1.54, 1.807) is 6.07 Å². The molecule has 7 heteroatoms. The number of nitrogens with zero attached hydrogens (tertiary/aromatic N) is 1.